The largest absolute Gasteiger partial charge is 0.482 e. The van der Waals surface area contributed by atoms with Crippen LogP contribution in [-0.4, -0.2) is 35.2 Å². The molecule has 1 aromatic heterocycles. The van der Waals surface area contributed by atoms with E-state index < -0.39 is 12.1 Å². The van der Waals surface area contributed by atoms with Gasteiger partial charge in [0.2, 0.25) is 5.78 Å². The zero-order chi connectivity index (χ0) is 19.4. The van der Waals surface area contributed by atoms with Gasteiger partial charge in [0.1, 0.15) is 5.75 Å². The Bertz CT molecular complexity index is 987. The number of aromatic amines is 1. The fourth-order valence-corrected chi connectivity index (χ4v) is 2.71. The molecule has 0 aliphatic rings. The van der Waals surface area contributed by atoms with Crippen molar-refractivity contribution in [3.8, 4) is 5.75 Å². The van der Waals surface area contributed by atoms with Gasteiger partial charge in [0.05, 0.1) is 0 Å². The lowest BCUT2D eigenvalue weighted by molar-refractivity contribution is -0.148. The number of carbonyl (C=O) groups is 3. The highest BCUT2D eigenvalue weighted by Gasteiger charge is 2.22. The van der Waals surface area contributed by atoms with Crippen molar-refractivity contribution < 1.29 is 23.9 Å². The minimum Gasteiger partial charge on any atom is -0.482 e. The van der Waals surface area contributed by atoms with Crippen LogP contribution in [0.5, 0.6) is 5.75 Å². The van der Waals surface area contributed by atoms with Crippen LogP contribution < -0.4 is 4.74 Å². The molecule has 0 fully saturated rings. The lowest BCUT2D eigenvalue weighted by atomic mass is 10.1. The molecule has 0 saturated heterocycles. The maximum Gasteiger partial charge on any atom is 0.344 e. The molecule has 0 amide bonds. The molecule has 0 spiro atoms. The molecule has 0 saturated carbocycles. The summed E-state index contributed by atoms with van der Waals surface area (Å²) >= 11 is 0. The van der Waals surface area contributed by atoms with Gasteiger partial charge in [-0.3, -0.25) is 9.59 Å². The van der Waals surface area contributed by atoms with Crippen LogP contribution >= 0.6 is 0 Å². The zero-order valence-corrected chi connectivity index (χ0v) is 15.0. The van der Waals surface area contributed by atoms with E-state index in [4.69, 9.17) is 9.47 Å². The average molecular weight is 365 g/mol. The minimum atomic E-state index is -0.930. The standard InChI is InChI=1S/C21H19NO5/c1-13(23)15-7-9-16(10-8-15)26-12-20(24)27-14(2)21(25)18-11-22-19-6-4-3-5-17(18)19/h3-11,14,22H,12H2,1-2H3. The van der Waals surface area contributed by atoms with Crippen LogP contribution in [-0.2, 0) is 9.53 Å². The Morgan fingerprint density at radius 3 is 2.44 bits per heavy atom. The summed E-state index contributed by atoms with van der Waals surface area (Å²) in [5, 5.41) is 0.784. The normalized spacial score (nSPS) is 11.8. The van der Waals surface area contributed by atoms with E-state index in [0.717, 1.165) is 10.9 Å². The highest BCUT2D eigenvalue weighted by molar-refractivity contribution is 6.10. The number of nitrogens with one attached hydrogen (secondary N) is 1. The van der Waals surface area contributed by atoms with Gasteiger partial charge in [-0.15, -0.1) is 0 Å². The minimum absolute atomic E-state index is 0.0504. The summed E-state index contributed by atoms with van der Waals surface area (Å²) in [6, 6.07) is 13.9. The first kappa shape index (κ1) is 18.4. The quantitative estimate of drug-likeness (QED) is 0.511. The van der Waals surface area contributed by atoms with Crippen molar-refractivity contribution in [2.24, 2.45) is 0 Å². The summed E-state index contributed by atoms with van der Waals surface area (Å²) in [5.41, 5.74) is 1.88. The Kier molecular flexibility index (Phi) is 5.35. The van der Waals surface area contributed by atoms with Gasteiger partial charge >= 0.3 is 5.97 Å². The van der Waals surface area contributed by atoms with Crippen molar-refractivity contribution in [3.63, 3.8) is 0 Å². The van der Waals surface area contributed by atoms with Gasteiger partial charge in [0.15, 0.2) is 18.5 Å². The monoisotopic (exact) mass is 365 g/mol. The number of carbonyl (C=O) groups excluding carboxylic acids is 3. The molecule has 1 atom stereocenters. The molecule has 138 valence electrons. The summed E-state index contributed by atoms with van der Waals surface area (Å²) in [5.74, 6) is -0.545. The third-order valence-corrected chi connectivity index (χ3v) is 4.15. The van der Waals surface area contributed by atoms with Crippen LogP contribution in [0.4, 0.5) is 0 Å². The number of ketones is 2. The van der Waals surface area contributed by atoms with Gasteiger partial charge in [-0.2, -0.15) is 0 Å². The van der Waals surface area contributed by atoms with E-state index in [1.165, 1.54) is 13.8 Å². The average Bonchev–Trinajstić information content (AvgIpc) is 3.10. The second-order valence-corrected chi connectivity index (χ2v) is 6.11. The maximum atomic E-state index is 12.6. The van der Waals surface area contributed by atoms with Gasteiger partial charge in [-0.1, -0.05) is 18.2 Å². The number of Topliss-reactive ketones (excluding diaryl/α,β-unsaturated/α-hetero) is 2. The van der Waals surface area contributed by atoms with Crippen LogP contribution in [0.2, 0.25) is 0 Å². The number of benzene rings is 2. The predicted octanol–water partition coefficient (Wildman–Crippen LogP) is 3.56. The van der Waals surface area contributed by atoms with Crippen molar-refractivity contribution >= 4 is 28.4 Å². The van der Waals surface area contributed by atoms with E-state index in [1.807, 2.05) is 24.3 Å². The van der Waals surface area contributed by atoms with Gasteiger partial charge < -0.3 is 14.5 Å². The Morgan fingerprint density at radius 2 is 1.74 bits per heavy atom. The number of aromatic nitrogens is 1. The number of fused-ring (bicyclic) bond motifs is 1. The molecular formula is C21H19NO5. The molecule has 6 heteroatoms. The third-order valence-electron chi connectivity index (χ3n) is 4.15. The summed E-state index contributed by atoms with van der Waals surface area (Å²) in [7, 11) is 0. The molecule has 6 nitrogen and oxygen atoms in total. The number of rotatable bonds is 7. The van der Waals surface area contributed by atoms with Crippen molar-refractivity contribution in [1.29, 1.82) is 0 Å². The first-order valence-electron chi connectivity index (χ1n) is 8.49. The molecule has 3 rings (SSSR count). The summed E-state index contributed by atoms with van der Waals surface area (Å²) in [6.45, 7) is 2.67. The first-order valence-corrected chi connectivity index (χ1v) is 8.49. The van der Waals surface area contributed by atoms with Crippen LogP contribution in [0.15, 0.2) is 54.7 Å². The number of esters is 1. The maximum absolute atomic E-state index is 12.6. The second kappa shape index (κ2) is 7.86. The fraction of sp³-hybridized carbons (Fsp3) is 0.190. The summed E-state index contributed by atoms with van der Waals surface area (Å²) in [4.78, 5) is 38.8. The molecule has 2 aromatic carbocycles. The molecule has 3 aromatic rings. The Labute approximate surface area is 156 Å². The second-order valence-electron chi connectivity index (χ2n) is 6.11. The van der Waals surface area contributed by atoms with E-state index >= 15 is 0 Å². The topological polar surface area (TPSA) is 85.5 Å². The van der Waals surface area contributed by atoms with Gasteiger partial charge in [0, 0.05) is 28.2 Å². The Hall–Kier alpha value is -3.41. The number of H-pyrrole nitrogens is 1. The van der Waals surface area contributed by atoms with Gasteiger partial charge in [-0.25, -0.2) is 4.79 Å². The van der Waals surface area contributed by atoms with Gasteiger partial charge in [-0.05, 0) is 44.2 Å². The number of hydrogen-bond donors (Lipinski definition) is 1. The number of hydrogen-bond acceptors (Lipinski definition) is 5. The molecule has 27 heavy (non-hydrogen) atoms. The molecule has 0 aliphatic carbocycles. The molecule has 1 heterocycles. The van der Waals surface area contributed by atoms with Crippen LogP contribution in [0.25, 0.3) is 10.9 Å². The van der Waals surface area contributed by atoms with Crippen LogP contribution in [0.3, 0.4) is 0 Å². The van der Waals surface area contributed by atoms with E-state index in [9.17, 15) is 14.4 Å². The molecular weight excluding hydrogens is 346 g/mol. The molecule has 1 unspecified atom stereocenters. The summed E-state index contributed by atoms with van der Waals surface area (Å²) in [6.07, 6.45) is 0.685. The smallest absolute Gasteiger partial charge is 0.344 e. The van der Waals surface area contributed by atoms with Crippen molar-refractivity contribution in [2.75, 3.05) is 6.61 Å². The lowest BCUT2D eigenvalue weighted by Crippen LogP contribution is -2.27. The van der Waals surface area contributed by atoms with Crippen LogP contribution in [0.1, 0.15) is 34.6 Å². The van der Waals surface area contributed by atoms with Crippen molar-refractivity contribution in [3.05, 3.63) is 65.9 Å². The fourth-order valence-electron chi connectivity index (χ4n) is 2.71. The lowest BCUT2D eigenvalue weighted by Gasteiger charge is -2.12. The highest BCUT2D eigenvalue weighted by Crippen LogP contribution is 2.20. The Balaban J connectivity index is 1.57. The van der Waals surface area contributed by atoms with Crippen molar-refractivity contribution in [1.82, 2.24) is 4.98 Å². The molecule has 0 bridgehead atoms. The van der Waals surface area contributed by atoms with E-state index in [2.05, 4.69) is 4.98 Å². The predicted molar refractivity (Wildman–Crippen MR) is 100 cm³/mol. The van der Waals surface area contributed by atoms with E-state index in [0.29, 0.717) is 16.9 Å². The zero-order valence-electron chi connectivity index (χ0n) is 15.0. The van der Waals surface area contributed by atoms with Crippen LogP contribution in [0, 0.1) is 0 Å². The Morgan fingerprint density at radius 1 is 1.04 bits per heavy atom. The SMILES string of the molecule is CC(=O)c1ccc(OCC(=O)OC(C)C(=O)c2c[nH]c3ccccc23)cc1. The molecule has 0 aliphatic heterocycles. The number of ether oxygens (including phenoxy) is 2. The highest BCUT2D eigenvalue weighted by atomic mass is 16.6. The van der Waals surface area contributed by atoms with Crippen molar-refractivity contribution in [2.45, 2.75) is 20.0 Å². The van der Waals surface area contributed by atoms with Gasteiger partial charge in [0.25, 0.3) is 0 Å². The van der Waals surface area contributed by atoms with E-state index in [-0.39, 0.29) is 18.2 Å². The first-order chi connectivity index (χ1) is 13.0. The number of para-hydroxylation sites is 1. The third kappa shape index (κ3) is 4.23. The van der Waals surface area contributed by atoms with E-state index in [1.54, 1.807) is 30.5 Å². The molecule has 0 radical (unpaired) electrons. The summed E-state index contributed by atoms with van der Waals surface area (Å²) < 4.78 is 10.5. The molecule has 1 N–H and O–H groups in total.